The highest BCUT2D eigenvalue weighted by Crippen LogP contribution is 2.30. The lowest BCUT2D eigenvalue weighted by atomic mass is 10.1. The van der Waals surface area contributed by atoms with Gasteiger partial charge in [0, 0.05) is 24.7 Å². The molecule has 4 rings (SSSR count). The lowest BCUT2D eigenvalue weighted by Crippen LogP contribution is -2.35. The van der Waals surface area contributed by atoms with Gasteiger partial charge >= 0.3 is 5.97 Å². The van der Waals surface area contributed by atoms with Crippen molar-refractivity contribution < 1.29 is 27.5 Å². The number of benzene rings is 2. The van der Waals surface area contributed by atoms with Crippen LogP contribution in [-0.4, -0.2) is 54.7 Å². The second kappa shape index (κ2) is 11.7. The number of rotatable bonds is 5. The Morgan fingerprint density at radius 2 is 1.82 bits per heavy atom. The molecule has 0 bridgehead atoms. The van der Waals surface area contributed by atoms with Crippen molar-refractivity contribution in [2.45, 2.75) is 50.4 Å². The monoisotopic (exact) mass is 549 g/mol. The van der Waals surface area contributed by atoms with Crippen LogP contribution < -0.4 is 4.74 Å². The Balaban J connectivity index is 1.62. The van der Waals surface area contributed by atoms with Crippen LogP contribution in [0.4, 0.5) is 0 Å². The fourth-order valence-electron chi connectivity index (χ4n) is 4.45. The van der Waals surface area contributed by atoms with E-state index in [1.54, 1.807) is 43.0 Å². The van der Waals surface area contributed by atoms with E-state index < -0.39 is 21.1 Å². The molecule has 0 aliphatic carbocycles. The molecule has 1 aromatic heterocycles. The van der Waals surface area contributed by atoms with E-state index in [1.807, 2.05) is 22.8 Å². The molecule has 1 aliphatic rings. The third kappa shape index (κ3) is 6.15. The number of carbonyl (C=O) groups is 2. The average molecular weight is 550 g/mol. The molecule has 0 saturated heterocycles. The molecule has 0 fully saturated rings. The quantitative estimate of drug-likeness (QED) is 0.440. The van der Waals surface area contributed by atoms with Gasteiger partial charge < -0.3 is 18.9 Å². The summed E-state index contributed by atoms with van der Waals surface area (Å²) < 4.78 is 38.1. The number of ether oxygens (including phenoxy) is 2. The number of carbonyl (C=O) groups excluding carboxylic acids is 2. The number of nitrogens with zero attached hydrogens (tertiary/aromatic N) is 3. The second-order valence-corrected chi connectivity index (χ2v) is 12.1. The number of amides is 1. The number of aryl methyl sites for hydroxylation is 1. The maximum atomic E-state index is 13.4. The van der Waals surface area contributed by atoms with Gasteiger partial charge in [0.2, 0.25) is 0 Å². The van der Waals surface area contributed by atoms with Crippen LogP contribution in [-0.2, 0) is 32.4 Å². The molecule has 0 saturated carbocycles. The summed E-state index contributed by atoms with van der Waals surface area (Å²) in [7, 11) is -3.44. The molecule has 0 spiro atoms. The van der Waals surface area contributed by atoms with Crippen molar-refractivity contribution in [1.29, 1.82) is 5.26 Å². The molecule has 204 valence electrons. The van der Waals surface area contributed by atoms with E-state index in [2.05, 4.69) is 6.07 Å². The van der Waals surface area contributed by atoms with Gasteiger partial charge in [-0.3, -0.25) is 9.59 Å². The van der Waals surface area contributed by atoms with Crippen LogP contribution in [0.5, 0.6) is 5.75 Å². The van der Waals surface area contributed by atoms with Crippen LogP contribution in [0, 0.1) is 11.3 Å². The van der Waals surface area contributed by atoms with E-state index >= 15 is 0 Å². The van der Waals surface area contributed by atoms with Crippen molar-refractivity contribution >= 4 is 21.7 Å². The topological polar surface area (TPSA) is 119 Å². The Morgan fingerprint density at radius 1 is 1.08 bits per heavy atom. The molecule has 2 aromatic carbocycles. The van der Waals surface area contributed by atoms with Crippen LogP contribution in [0.2, 0.25) is 0 Å². The Bertz CT molecular complexity index is 1520. The molecule has 0 radical (unpaired) electrons. The summed E-state index contributed by atoms with van der Waals surface area (Å²) in [6, 6.07) is 17.4. The molecule has 0 N–H and O–H groups in total. The van der Waals surface area contributed by atoms with E-state index in [9.17, 15) is 23.3 Å². The SMILES string of the molecule is CC(=O)OCc1ccc2c(c1)OCCN(C(=O)c1ccc(S(=O)(=O)C(C)C)cc1)CCCc1ccc(C#N)n1-2. The van der Waals surface area contributed by atoms with E-state index in [4.69, 9.17) is 9.47 Å². The van der Waals surface area contributed by atoms with Crippen LogP contribution in [0.15, 0.2) is 59.5 Å². The van der Waals surface area contributed by atoms with Crippen molar-refractivity contribution in [3.05, 3.63) is 77.1 Å². The van der Waals surface area contributed by atoms with Gasteiger partial charge in [-0.25, -0.2) is 8.42 Å². The first-order chi connectivity index (χ1) is 18.6. The minimum atomic E-state index is -3.44. The maximum absolute atomic E-state index is 13.4. The van der Waals surface area contributed by atoms with Gasteiger partial charge in [-0.15, -0.1) is 0 Å². The van der Waals surface area contributed by atoms with Crippen molar-refractivity contribution in [3.63, 3.8) is 0 Å². The maximum Gasteiger partial charge on any atom is 0.302 e. The molecular formula is C29H31N3O6S. The van der Waals surface area contributed by atoms with Gasteiger partial charge in [0.1, 0.15) is 30.7 Å². The highest BCUT2D eigenvalue weighted by atomic mass is 32.2. The van der Waals surface area contributed by atoms with E-state index in [0.29, 0.717) is 48.6 Å². The fourth-order valence-corrected chi connectivity index (χ4v) is 5.51. The predicted molar refractivity (Wildman–Crippen MR) is 144 cm³/mol. The molecular weight excluding hydrogens is 518 g/mol. The van der Waals surface area contributed by atoms with Gasteiger partial charge in [0.25, 0.3) is 5.91 Å². The molecule has 2 heterocycles. The molecule has 0 atom stereocenters. The summed E-state index contributed by atoms with van der Waals surface area (Å²) in [4.78, 5) is 26.6. The number of hydrogen-bond acceptors (Lipinski definition) is 7. The van der Waals surface area contributed by atoms with Crippen molar-refractivity contribution in [2.24, 2.45) is 0 Å². The normalized spacial score (nSPS) is 13.9. The third-order valence-corrected chi connectivity index (χ3v) is 8.77. The minimum Gasteiger partial charge on any atom is -0.490 e. The zero-order valence-corrected chi connectivity index (χ0v) is 23.0. The molecule has 1 amide bonds. The van der Waals surface area contributed by atoms with E-state index in [0.717, 1.165) is 11.3 Å². The Labute approximate surface area is 228 Å². The summed E-state index contributed by atoms with van der Waals surface area (Å²) in [5.41, 5.74) is 3.19. The van der Waals surface area contributed by atoms with Crippen LogP contribution >= 0.6 is 0 Å². The van der Waals surface area contributed by atoms with Crippen LogP contribution in [0.25, 0.3) is 5.69 Å². The first-order valence-corrected chi connectivity index (χ1v) is 14.3. The number of fused-ring (bicyclic) bond motifs is 3. The van der Waals surface area contributed by atoms with Crippen LogP contribution in [0.3, 0.4) is 0 Å². The van der Waals surface area contributed by atoms with Gasteiger partial charge in [-0.05, 0) is 80.8 Å². The number of hydrogen-bond donors (Lipinski definition) is 0. The lowest BCUT2D eigenvalue weighted by Gasteiger charge is -2.23. The average Bonchev–Trinajstić information content (AvgIpc) is 3.31. The number of sulfone groups is 1. The summed E-state index contributed by atoms with van der Waals surface area (Å²) >= 11 is 0. The third-order valence-electron chi connectivity index (χ3n) is 6.60. The fraction of sp³-hybridized carbons (Fsp3) is 0.345. The summed E-state index contributed by atoms with van der Waals surface area (Å²) in [5.74, 6) is -0.106. The summed E-state index contributed by atoms with van der Waals surface area (Å²) in [6.07, 6.45) is 1.27. The van der Waals surface area contributed by atoms with Crippen molar-refractivity contribution in [3.8, 4) is 17.5 Å². The largest absolute Gasteiger partial charge is 0.490 e. The smallest absolute Gasteiger partial charge is 0.302 e. The molecule has 10 heteroatoms. The number of esters is 1. The Hall–Kier alpha value is -4.10. The van der Waals surface area contributed by atoms with Crippen molar-refractivity contribution in [2.75, 3.05) is 19.7 Å². The van der Waals surface area contributed by atoms with Crippen LogP contribution in [0.1, 0.15) is 54.5 Å². The lowest BCUT2D eigenvalue weighted by molar-refractivity contribution is -0.142. The van der Waals surface area contributed by atoms with E-state index in [1.165, 1.54) is 19.1 Å². The summed E-state index contributed by atoms with van der Waals surface area (Å²) in [6.45, 7) is 5.62. The number of nitriles is 1. The number of aromatic nitrogens is 1. The first-order valence-electron chi connectivity index (χ1n) is 12.7. The van der Waals surface area contributed by atoms with Crippen molar-refractivity contribution in [1.82, 2.24) is 9.47 Å². The van der Waals surface area contributed by atoms with E-state index in [-0.39, 0.29) is 24.0 Å². The van der Waals surface area contributed by atoms with Gasteiger partial charge in [-0.1, -0.05) is 6.07 Å². The zero-order valence-electron chi connectivity index (χ0n) is 22.2. The highest BCUT2D eigenvalue weighted by molar-refractivity contribution is 7.92. The van der Waals surface area contributed by atoms with Gasteiger partial charge in [0.05, 0.1) is 22.4 Å². The molecule has 1 aliphatic heterocycles. The Kier molecular flexibility index (Phi) is 8.41. The first kappa shape index (κ1) is 27.9. The predicted octanol–water partition coefficient (Wildman–Crippen LogP) is 4.06. The highest BCUT2D eigenvalue weighted by Gasteiger charge is 2.22. The van der Waals surface area contributed by atoms with Gasteiger partial charge in [0.15, 0.2) is 9.84 Å². The molecule has 0 unspecified atom stereocenters. The summed E-state index contributed by atoms with van der Waals surface area (Å²) in [5, 5.41) is 9.18. The van der Waals surface area contributed by atoms with Gasteiger partial charge in [-0.2, -0.15) is 5.26 Å². The molecule has 3 aromatic rings. The minimum absolute atomic E-state index is 0.0861. The molecule has 39 heavy (non-hydrogen) atoms. The second-order valence-electron chi connectivity index (χ2n) is 9.60. The zero-order chi connectivity index (χ0) is 28.2. The standard InChI is InChI=1S/C29H31N3O6S/c1-20(2)39(35,36)26-11-7-23(8-12-26)29(34)31-14-4-5-24-9-10-25(18-30)32(24)27-13-6-22(19-38-21(3)33)17-28(27)37-16-15-31/h6-13,17,20H,4-5,14-16,19H2,1-3H3. The Morgan fingerprint density at radius 3 is 2.49 bits per heavy atom. The molecule has 9 nitrogen and oxygen atoms in total.